The smallest absolute Gasteiger partial charge is 0.144 e. The van der Waals surface area contributed by atoms with Crippen LogP contribution in [0.3, 0.4) is 0 Å². The lowest BCUT2D eigenvalue weighted by Gasteiger charge is -2.09. The first-order valence-corrected chi connectivity index (χ1v) is 5.84. The number of nitrogens with two attached hydrogens (primary N) is 1. The average molecular weight is 277 g/mol. The van der Waals surface area contributed by atoms with Gasteiger partial charge in [0.2, 0.25) is 0 Å². The zero-order chi connectivity index (χ0) is 13.8. The standard InChI is InChI=1S/C14H10ClFN2O/c15-11-2-4-13(18)14(6-11)19-8-9-1-3-12(16)10(5-9)7-17/h1-6H,8,18H2. The Kier molecular flexibility index (Phi) is 3.88. The normalized spacial score (nSPS) is 9.95. The summed E-state index contributed by atoms with van der Waals surface area (Å²) in [6.07, 6.45) is 0. The van der Waals surface area contributed by atoms with Crippen LogP contribution in [0.1, 0.15) is 11.1 Å². The van der Waals surface area contributed by atoms with Crippen LogP contribution in [0.15, 0.2) is 36.4 Å². The molecule has 19 heavy (non-hydrogen) atoms. The Bertz CT molecular complexity index is 652. The monoisotopic (exact) mass is 276 g/mol. The molecule has 0 spiro atoms. The molecule has 0 atom stereocenters. The Morgan fingerprint density at radius 2 is 2.05 bits per heavy atom. The zero-order valence-corrected chi connectivity index (χ0v) is 10.6. The van der Waals surface area contributed by atoms with Crippen molar-refractivity contribution in [3.05, 3.63) is 58.4 Å². The quantitative estimate of drug-likeness (QED) is 0.873. The van der Waals surface area contributed by atoms with Gasteiger partial charge in [-0.3, -0.25) is 0 Å². The number of hydrogen-bond donors (Lipinski definition) is 1. The van der Waals surface area contributed by atoms with Gasteiger partial charge >= 0.3 is 0 Å². The van der Waals surface area contributed by atoms with Crippen molar-refractivity contribution in [3.8, 4) is 11.8 Å². The van der Waals surface area contributed by atoms with Crippen molar-refractivity contribution in [1.82, 2.24) is 0 Å². The molecular weight excluding hydrogens is 267 g/mol. The molecule has 0 aliphatic heterocycles. The highest BCUT2D eigenvalue weighted by molar-refractivity contribution is 6.30. The number of anilines is 1. The van der Waals surface area contributed by atoms with E-state index in [1.54, 1.807) is 30.3 Å². The number of hydrogen-bond acceptors (Lipinski definition) is 3. The summed E-state index contributed by atoms with van der Waals surface area (Å²) in [7, 11) is 0. The largest absolute Gasteiger partial charge is 0.487 e. The first-order valence-electron chi connectivity index (χ1n) is 5.46. The summed E-state index contributed by atoms with van der Waals surface area (Å²) < 4.78 is 18.7. The molecule has 0 aromatic heterocycles. The summed E-state index contributed by atoms with van der Waals surface area (Å²) in [6.45, 7) is 0.180. The molecule has 0 aliphatic carbocycles. The molecule has 0 aliphatic rings. The molecule has 0 unspecified atom stereocenters. The third-order valence-corrected chi connectivity index (χ3v) is 2.76. The number of rotatable bonds is 3. The highest BCUT2D eigenvalue weighted by Gasteiger charge is 2.05. The highest BCUT2D eigenvalue weighted by atomic mass is 35.5. The van der Waals surface area contributed by atoms with Crippen LogP contribution in [0.4, 0.5) is 10.1 Å². The van der Waals surface area contributed by atoms with E-state index in [9.17, 15) is 4.39 Å². The first-order chi connectivity index (χ1) is 9.10. The molecule has 0 bridgehead atoms. The molecule has 2 rings (SSSR count). The Balaban J connectivity index is 2.15. The summed E-state index contributed by atoms with van der Waals surface area (Å²) in [5.41, 5.74) is 6.87. The van der Waals surface area contributed by atoms with Crippen molar-refractivity contribution in [2.24, 2.45) is 0 Å². The lowest BCUT2D eigenvalue weighted by molar-refractivity contribution is 0.308. The van der Waals surface area contributed by atoms with Crippen LogP contribution in [0, 0.1) is 17.1 Å². The van der Waals surface area contributed by atoms with Gasteiger partial charge in [-0.05, 0) is 29.8 Å². The molecule has 2 aromatic carbocycles. The molecule has 96 valence electrons. The summed E-state index contributed by atoms with van der Waals surface area (Å²) in [5.74, 6) is -0.0937. The highest BCUT2D eigenvalue weighted by Crippen LogP contribution is 2.26. The maximum Gasteiger partial charge on any atom is 0.144 e. The van der Waals surface area contributed by atoms with Gasteiger partial charge in [0.15, 0.2) is 0 Å². The molecule has 0 amide bonds. The lowest BCUT2D eigenvalue weighted by Crippen LogP contribution is -1.99. The van der Waals surface area contributed by atoms with Gasteiger partial charge in [-0.15, -0.1) is 0 Å². The van der Waals surface area contributed by atoms with E-state index >= 15 is 0 Å². The minimum Gasteiger partial charge on any atom is -0.487 e. The fourth-order valence-electron chi connectivity index (χ4n) is 1.54. The summed E-state index contributed by atoms with van der Waals surface area (Å²) >= 11 is 5.84. The third-order valence-electron chi connectivity index (χ3n) is 2.52. The van der Waals surface area contributed by atoms with Crippen LogP contribution >= 0.6 is 11.6 Å². The summed E-state index contributed by atoms with van der Waals surface area (Å²) in [5, 5.41) is 9.26. The average Bonchev–Trinajstić information content (AvgIpc) is 2.41. The Labute approximate surface area is 115 Å². The van der Waals surface area contributed by atoms with Crippen molar-refractivity contribution in [2.75, 3.05) is 5.73 Å². The van der Waals surface area contributed by atoms with Crippen LogP contribution in [0.25, 0.3) is 0 Å². The number of nitrogens with zero attached hydrogens (tertiary/aromatic N) is 1. The predicted molar refractivity (Wildman–Crippen MR) is 71.3 cm³/mol. The van der Waals surface area contributed by atoms with E-state index < -0.39 is 5.82 Å². The van der Waals surface area contributed by atoms with Gasteiger partial charge in [0, 0.05) is 11.1 Å². The minimum absolute atomic E-state index is 0.0137. The van der Waals surface area contributed by atoms with Crippen LogP contribution < -0.4 is 10.5 Å². The van der Waals surface area contributed by atoms with E-state index in [0.29, 0.717) is 22.0 Å². The van der Waals surface area contributed by atoms with E-state index in [4.69, 9.17) is 27.3 Å². The first kappa shape index (κ1) is 13.2. The molecule has 2 N–H and O–H groups in total. The van der Waals surface area contributed by atoms with Crippen LogP contribution in [0.5, 0.6) is 5.75 Å². The Morgan fingerprint density at radius 1 is 1.26 bits per heavy atom. The van der Waals surface area contributed by atoms with Crippen molar-refractivity contribution < 1.29 is 9.13 Å². The van der Waals surface area contributed by atoms with E-state index in [-0.39, 0.29) is 12.2 Å². The number of halogens is 2. The molecule has 2 aromatic rings. The second kappa shape index (κ2) is 5.59. The molecule has 0 saturated carbocycles. The molecule has 0 fully saturated rings. The molecule has 0 radical (unpaired) electrons. The minimum atomic E-state index is -0.548. The van der Waals surface area contributed by atoms with Crippen molar-refractivity contribution in [3.63, 3.8) is 0 Å². The topological polar surface area (TPSA) is 59.0 Å². The molecule has 5 heteroatoms. The fraction of sp³-hybridized carbons (Fsp3) is 0.0714. The number of nitriles is 1. The Morgan fingerprint density at radius 3 is 2.79 bits per heavy atom. The predicted octanol–water partition coefficient (Wildman–Crippen LogP) is 3.51. The zero-order valence-electron chi connectivity index (χ0n) is 9.86. The van der Waals surface area contributed by atoms with E-state index in [0.717, 1.165) is 0 Å². The number of benzene rings is 2. The molecule has 3 nitrogen and oxygen atoms in total. The van der Waals surface area contributed by atoms with Gasteiger partial charge in [0.1, 0.15) is 24.2 Å². The lowest BCUT2D eigenvalue weighted by atomic mass is 10.1. The van der Waals surface area contributed by atoms with Gasteiger partial charge in [-0.1, -0.05) is 17.7 Å². The van der Waals surface area contributed by atoms with Gasteiger partial charge in [-0.25, -0.2) is 4.39 Å². The van der Waals surface area contributed by atoms with Crippen LogP contribution in [0.2, 0.25) is 5.02 Å². The van der Waals surface area contributed by atoms with Gasteiger partial charge in [-0.2, -0.15) is 5.26 Å². The number of nitrogen functional groups attached to an aromatic ring is 1. The maximum absolute atomic E-state index is 13.1. The molecular formula is C14H10ClFN2O. The van der Waals surface area contributed by atoms with Gasteiger partial charge in [0.05, 0.1) is 11.3 Å². The van der Waals surface area contributed by atoms with Crippen LogP contribution in [-0.2, 0) is 6.61 Å². The molecule has 0 heterocycles. The van der Waals surface area contributed by atoms with E-state index in [1.165, 1.54) is 12.1 Å². The van der Waals surface area contributed by atoms with E-state index in [1.807, 2.05) is 0 Å². The third kappa shape index (κ3) is 3.15. The summed E-state index contributed by atoms with van der Waals surface area (Å²) in [4.78, 5) is 0. The van der Waals surface area contributed by atoms with Crippen molar-refractivity contribution in [2.45, 2.75) is 6.61 Å². The van der Waals surface area contributed by atoms with Gasteiger partial charge < -0.3 is 10.5 Å². The second-order valence-electron chi connectivity index (χ2n) is 3.90. The SMILES string of the molecule is N#Cc1cc(COc2cc(Cl)ccc2N)ccc1F. The Hall–Kier alpha value is -2.25. The van der Waals surface area contributed by atoms with Crippen molar-refractivity contribution in [1.29, 1.82) is 5.26 Å². The van der Waals surface area contributed by atoms with Crippen LogP contribution in [-0.4, -0.2) is 0 Å². The fourth-order valence-corrected chi connectivity index (χ4v) is 1.70. The number of ether oxygens (including phenoxy) is 1. The van der Waals surface area contributed by atoms with Gasteiger partial charge in [0.25, 0.3) is 0 Å². The summed E-state index contributed by atoms with van der Waals surface area (Å²) in [6, 6.07) is 10.9. The molecule has 0 saturated heterocycles. The van der Waals surface area contributed by atoms with E-state index in [2.05, 4.69) is 0 Å². The second-order valence-corrected chi connectivity index (χ2v) is 4.33. The van der Waals surface area contributed by atoms with Crippen molar-refractivity contribution >= 4 is 17.3 Å². The maximum atomic E-state index is 13.1.